The third kappa shape index (κ3) is 4.13. The number of carbonyl (C=O) groups is 1. The van der Waals surface area contributed by atoms with E-state index < -0.39 is 30.7 Å². The second kappa shape index (κ2) is 8.75. The number of hydrogen-bond acceptors (Lipinski definition) is 5. The smallest absolute Gasteiger partial charge is 0.327 e. The van der Waals surface area contributed by atoms with Crippen molar-refractivity contribution in [3.05, 3.63) is 69.0 Å². The number of aromatic nitrogens is 3. The van der Waals surface area contributed by atoms with Crippen LogP contribution in [0, 0.1) is 5.82 Å². The number of carbonyl (C=O) groups excluding carboxylic acids is 1. The maximum absolute atomic E-state index is 14.6. The van der Waals surface area contributed by atoms with E-state index in [4.69, 9.17) is 5.73 Å². The number of aryl methyl sites for hydroxylation is 1. The molecule has 32 heavy (non-hydrogen) atoms. The highest BCUT2D eigenvalue weighted by atomic mass is 32.1. The summed E-state index contributed by atoms with van der Waals surface area (Å²) < 4.78 is 42.3. The van der Waals surface area contributed by atoms with Crippen LogP contribution >= 0.6 is 11.3 Å². The minimum Gasteiger partial charge on any atom is -0.327 e. The summed E-state index contributed by atoms with van der Waals surface area (Å²) in [5.41, 5.74) is 6.94. The van der Waals surface area contributed by atoms with E-state index in [9.17, 15) is 22.8 Å². The van der Waals surface area contributed by atoms with Crippen LogP contribution in [0.3, 0.4) is 0 Å². The van der Waals surface area contributed by atoms with Crippen LogP contribution in [0.25, 0.3) is 10.4 Å². The predicted molar refractivity (Wildman–Crippen MR) is 115 cm³/mol. The number of fused-ring (bicyclic) bond motifs is 1. The van der Waals surface area contributed by atoms with Crippen LogP contribution in [-0.2, 0) is 24.3 Å². The molecule has 0 unspecified atom stereocenters. The average molecular weight is 463 g/mol. The van der Waals surface area contributed by atoms with Gasteiger partial charge in [0.15, 0.2) is 0 Å². The number of nitrogens with zero attached hydrogens (tertiary/aromatic N) is 4. The highest BCUT2D eigenvalue weighted by Crippen LogP contribution is 2.35. The van der Waals surface area contributed by atoms with Crippen molar-refractivity contribution < 1.29 is 18.0 Å². The number of benzene rings is 1. The summed E-state index contributed by atoms with van der Waals surface area (Å²) in [4.78, 5) is 27.0. The molecule has 0 fully saturated rings. The van der Waals surface area contributed by atoms with Gasteiger partial charge in [-0.15, -0.1) is 11.3 Å². The minimum absolute atomic E-state index is 0.0593. The van der Waals surface area contributed by atoms with Crippen LogP contribution in [0.4, 0.5) is 18.9 Å². The van der Waals surface area contributed by atoms with E-state index in [2.05, 4.69) is 5.10 Å². The Morgan fingerprint density at radius 2 is 2.00 bits per heavy atom. The molecule has 2 aromatic heterocycles. The Morgan fingerprint density at radius 1 is 1.22 bits per heavy atom. The van der Waals surface area contributed by atoms with Gasteiger partial charge in [-0.25, -0.2) is 13.9 Å². The van der Waals surface area contributed by atoms with Gasteiger partial charge in [0.25, 0.3) is 6.08 Å². The van der Waals surface area contributed by atoms with Crippen molar-refractivity contribution in [2.75, 3.05) is 18.5 Å². The van der Waals surface area contributed by atoms with Gasteiger partial charge in [-0.3, -0.25) is 9.36 Å². The minimum atomic E-state index is -1.94. The van der Waals surface area contributed by atoms with Crippen LogP contribution < -0.4 is 16.3 Å². The van der Waals surface area contributed by atoms with Crippen molar-refractivity contribution in [1.29, 1.82) is 0 Å². The number of amides is 1. The Labute approximate surface area is 185 Å². The van der Waals surface area contributed by atoms with E-state index in [1.807, 2.05) is 18.2 Å². The molecule has 4 rings (SSSR count). The van der Waals surface area contributed by atoms with Gasteiger partial charge in [0, 0.05) is 36.2 Å². The second-order valence-electron chi connectivity index (χ2n) is 7.45. The van der Waals surface area contributed by atoms with Gasteiger partial charge in [-0.2, -0.15) is 13.9 Å². The summed E-state index contributed by atoms with van der Waals surface area (Å²) in [7, 11) is 1.73. The molecular weight excluding hydrogens is 443 g/mol. The number of nitrogens with two attached hydrogens (primary N) is 1. The summed E-state index contributed by atoms with van der Waals surface area (Å²) in [6.07, 6.45) is 0.304. The molecule has 168 valence electrons. The van der Waals surface area contributed by atoms with E-state index in [-0.39, 0.29) is 18.0 Å². The third-order valence-corrected chi connectivity index (χ3v) is 6.57. The first-order valence-corrected chi connectivity index (χ1v) is 10.6. The van der Waals surface area contributed by atoms with E-state index in [1.165, 1.54) is 23.7 Å². The first kappa shape index (κ1) is 22.0. The van der Waals surface area contributed by atoms with Gasteiger partial charge < -0.3 is 10.6 Å². The van der Waals surface area contributed by atoms with Gasteiger partial charge in [0.1, 0.15) is 12.1 Å². The topological polar surface area (TPSA) is 86.2 Å². The van der Waals surface area contributed by atoms with Gasteiger partial charge in [-0.05, 0) is 35.7 Å². The largest absolute Gasteiger partial charge is 0.346 e. The molecule has 7 nitrogen and oxygen atoms in total. The summed E-state index contributed by atoms with van der Waals surface area (Å²) in [6, 6.07) is 7.03. The molecule has 1 aromatic carbocycles. The number of hydrogen-bond donors (Lipinski definition) is 1. The first-order chi connectivity index (χ1) is 15.3. The monoisotopic (exact) mass is 463 g/mol. The molecule has 0 spiro atoms. The zero-order valence-electron chi connectivity index (χ0n) is 17.1. The fraction of sp³-hybridized carbons (Fsp3) is 0.286. The number of anilines is 1. The number of thiophene rings is 1. The molecule has 3 aromatic rings. The molecule has 0 bridgehead atoms. The lowest BCUT2D eigenvalue weighted by molar-refractivity contribution is -0.118. The van der Waals surface area contributed by atoms with Crippen molar-refractivity contribution in [2.24, 2.45) is 5.73 Å². The van der Waals surface area contributed by atoms with Crippen molar-refractivity contribution in [2.45, 2.75) is 25.9 Å². The van der Waals surface area contributed by atoms with Gasteiger partial charge in [0.2, 0.25) is 5.91 Å². The quantitative estimate of drug-likeness (QED) is 0.609. The lowest BCUT2D eigenvalue weighted by atomic mass is 9.98. The van der Waals surface area contributed by atoms with Crippen LogP contribution in [0.1, 0.15) is 16.9 Å². The van der Waals surface area contributed by atoms with Crippen LogP contribution in [0.15, 0.2) is 47.0 Å². The molecule has 1 aliphatic rings. The second-order valence-corrected chi connectivity index (χ2v) is 8.58. The molecule has 3 heterocycles. The van der Waals surface area contributed by atoms with E-state index in [0.717, 1.165) is 26.1 Å². The van der Waals surface area contributed by atoms with Gasteiger partial charge in [0.05, 0.1) is 18.0 Å². The van der Waals surface area contributed by atoms with Crippen LogP contribution in [0.2, 0.25) is 0 Å². The number of rotatable bonds is 6. The maximum Gasteiger partial charge on any atom is 0.346 e. The Balaban J connectivity index is 1.58. The molecule has 1 amide bonds. The highest BCUT2D eigenvalue weighted by molar-refractivity contribution is 7.15. The lowest BCUT2D eigenvalue weighted by Crippen LogP contribution is -2.30. The van der Waals surface area contributed by atoms with Crippen molar-refractivity contribution in [3.8, 4) is 10.4 Å². The highest BCUT2D eigenvalue weighted by Gasteiger charge is 2.22. The molecule has 11 heteroatoms. The third-order valence-electron chi connectivity index (χ3n) is 5.43. The number of halogens is 3. The molecule has 0 saturated carbocycles. The van der Waals surface area contributed by atoms with Crippen molar-refractivity contribution in [1.82, 2.24) is 14.3 Å². The summed E-state index contributed by atoms with van der Waals surface area (Å²) in [6.45, 7) is -0.887. The standard InChI is InChI=1S/C21H20F3N5O2S/c1-27-16-4-2-13(6-12(16)3-5-19(27)30)17-7-15(22)18(32-17)10-28-11-26-29(21(28)31)9-14(8-25)20(23)24/h2,4,6-7,11H,3,5,8-10,25H2,1H3. The summed E-state index contributed by atoms with van der Waals surface area (Å²) >= 11 is 1.20. The Kier molecular flexibility index (Phi) is 6.02. The van der Waals surface area contributed by atoms with E-state index >= 15 is 0 Å². The van der Waals surface area contributed by atoms with Crippen LogP contribution in [0.5, 0.6) is 0 Å². The lowest BCUT2D eigenvalue weighted by Gasteiger charge is -2.26. The normalized spacial score (nSPS) is 13.4. The molecule has 0 saturated heterocycles. The van der Waals surface area contributed by atoms with E-state index in [0.29, 0.717) is 22.6 Å². The average Bonchev–Trinajstić information content (AvgIpc) is 3.31. The fourth-order valence-corrected chi connectivity index (χ4v) is 4.62. The zero-order valence-corrected chi connectivity index (χ0v) is 18.0. The first-order valence-electron chi connectivity index (χ1n) is 9.82. The predicted octanol–water partition coefficient (Wildman–Crippen LogP) is 2.98. The fourth-order valence-electron chi connectivity index (χ4n) is 3.59. The van der Waals surface area contributed by atoms with Gasteiger partial charge in [-0.1, -0.05) is 6.07 Å². The summed E-state index contributed by atoms with van der Waals surface area (Å²) in [5.74, 6) is -0.406. The maximum atomic E-state index is 14.6. The molecule has 2 N–H and O–H groups in total. The molecular formula is C21H20F3N5O2S. The molecule has 0 radical (unpaired) electrons. The van der Waals surface area contributed by atoms with E-state index in [1.54, 1.807) is 11.9 Å². The summed E-state index contributed by atoms with van der Waals surface area (Å²) in [5, 5.41) is 3.83. The SMILES string of the molecule is CN1C(=O)CCc2cc(-c3cc(F)c(Cn4cnn(CC(CN)=C(F)F)c4=O)s3)ccc21. The Hall–Kier alpha value is -3.18. The molecule has 1 aliphatic heterocycles. The Bertz CT molecular complexity index is 1270. The van der Waals surface area contributed by atoms with Crippen molar-refractivity contribution >= 4 is 22.9 Å². The molecule has 0 atom stereocenters. The molecule has 0 aliphatic carbocycles. The Morgan fingerprint density at radius 3 is 2.72 bits per heavy atom. The van der Waals surface area contributed by atoms with Gasteiger partial charge >= 0.3 is 5.69 Å². The van der Waals surface area contributed by atoms with Crippen LogP contribution in [-0.4, -0.2) is 33.8 Å². The van der Waals surface area contributed by atoms with Crippen molar-refractivity contribution in [3.63, 3.8) is 0 Å². The zero-order chi connectivity index (χ0) is 23.0.